The molecule has 0 atom stereocenters. The Bertz CT molecular complexity index is 1080. The number of aryl methyl sites for hydroxylation is 2. The monoisotopic (exact) mass is 397 g/mol. The molecule has 8 heteroatoms. The highest BCUT2D eigenvalue weighted by molar-refractivity contribution is 5.74. The molecule has 1 N–H and O–H groups in total. The van der Waals surface area contributed by atoms with Crippen LogP contribution in [0.4, 0.5) is 5.95 Å². The predicted octanol–water partition coefficient (Wildman–Crippen LogP) is 2.27. The van der Waals surface area contributed by atoms with E-state index in [4.69, 9.17) is 9.72 Å². The maximum Gasteiger partial charge on any atom is 0.329 e. The smallest absolute Gasteiger partial charge is 0.329 e. The van der Waals surface area contributed by atoms with Crippen LogP contribution >= 0.6 is 0 Å². The van der Waals surface area contributed by atoms with Gasteiger partial charge in [-0.3, -0.25) is 14.3 Å². The van der Waals surface area contributed by atoms with Crippen LogP contribution in [-0.4, -0.2) is 38.8 Å². The van der Waals surface area contributed by atoms with Crippen molar-refractivity contribution in [2.75, 3.05) is 24.6 Å². The summed E-state index contributed by atoms with van der Waals surface area (Å²) in [6.45, 7) is 2.95. The fourth-order valence-electron chi connectivity index (χ4n) is 3.88. The molecule has 1 saturated heterocycles. The molecule has 4 rings (SSSR count). The molecule has 1 aliphatic heterocycles. The van der Waals surface area contributed by atoms with Crippen molar-refractivity contribution < 1.29 is 4.74 Å². The first kappa shape index (κ1) is 19.3. The van der Waals surface area contributed by atoms with Gasteiger partial charge in [0.15, 0.2) is 11.2 Å². The highest BCUT2D eigenvalue weighted by Crippen LogP contribution is 2.23. The number of hydrogen-bond donors (Lipinski definition) is 1. The van der Waals surface area contributed by atoms with Gasteiger partial charge in [-0.15, -0.1) is 0 Å². The van der Waals surface area contributed by atoms with Crippen molar-refractivity contribution in [2.45, 2.75) is 38.6 Å². The minimum Gasteiger partial charge on any atom is -0.494 e. The Morgan fingerprint density at radius 1 is 1.07 bits per heavy atom. The van der Waals surface area contributed by atoms with E-state index in [1.807, 2.05) is 34.9 Å². The lowest BCUT2D eigenvalue weighted by Gasteiger charge is -2.22. The number of hydrogen-bond acceptors (Lipinski definition) is 5. The number of ether oxygens (including phenoxy) is 1. The summed E-state index contributed by atoms with van der Waals surface area (Å²) >= 11 is 0. The molecule has 0 saturated carbocycles. The molecule has 0 bridgehead atoms. The summed E-state index contributed by atoms with van der Waals surface area (Å²) in [5.74, 6) is 1.60. The molecule has 2 aromatic heterocycles. The molecule has 0 amide bonds. The van der Waals surface area contributed by atoms with Crippen LogP contribution in [0.25, 0.3) is 11.2 Å². The molecule has 29 heavy (non-hydrogen) atoms. The van der Waals surface area contributed by atoms with Gasteiger partial charge in [0.05, 0.1) is 6.61 Å². The maximum atomic E-state index is 12.6. The molecule has 1 aliphatic rings. The van der Waals surface area contributed by atoms with E-state index < -0.39 is 5.69 Å². The molecule has 0 aliphatic carbocycles. The van der Waals surface area contributed by atoms with E-state index in [1.54, 1.807) is 7.05 Å². The predicted molar refractivity (Wildman–Crippen MR) is 113 cm³/mol. The number of H-pyrrole nitrogens is 1. The van der Waals surface area contributed by atoms with E-state index in [0.29, 0.717) is 24.3 Å². The number of fused-ring (bicyclic) bond motifs is 1. The number of imidazole rings is 1. The van der Waals surface area contributed by atoms with Crippen LogP contribution in [0.1, 0.15) is 32.1 Å². The quantitative estimate of drug-likeness (QED) is 0.645. The molecule has 3 aromatic rings. The van der Waals surface area contributed by atoms with Crippen LogP contribution in [0.5, 0.6) is 5.75 Å². The zero-order chi connectivity index (χ0) is 20.2. The minimum atomic E-state index is -0.443. The Morgan fingerprint density at radius 2 is 1.79 bits per heavy atom. The molecule has 8 nitrogen and oxygen atoms in total. The van der Waals surface area contributed by atoms with Gasteiger partial charge in [-0.05, 0) is 31.4 Å². The van der Waals surface area contributed by atoms with E-state index in [2.05, 4.69) is 9.88 Å². The van der Waals surface area contributed by atoms with E-state index in [1.165, 1.54) is 17.4 Å². The van der Waals surface area contributed by atoms with Crippen molar-refractivity contribution in [2.24, 2.45) is 7.05 Å². The topological polar surface area (TPSA) is 85.1 Å². The number of nitrogens with one attached hydrogen (secondary N) is 1. The summed E-state index contributed by atoms with van der Waals surface area (Å²) in [7, 11) is 1.64. The van der Waals surface area contributed by atoms with E-state index in [0.717, 1.165) is 44.0 Å². The number of para-hydroxylation sites is 1. The first-order valence-corrected chi connectivity index (χ1v) is 10.3. The summed E-state index contributed by atoms with van der Waals surface area (Å²) < 4.78 is 9.17. The van der Waals surface area contributed by atoms with Gasteiger partial charge >= 0.3 is 5.69 Å². The molecule has 1 fully saturated rings. The molecule has 3 heterocycles. The third-order valence-corrected chi connectivity index (χ3v) is 5.41. The van der Waals surface area contributed by atoms with Crippen LogP contribution in [0.3, 0.4) is 0 Å². The number of benzene rings is 1. The fourth-order valence-corrected chi connectivity index (χ4v) is 3.88. The van der Waals surface area contributed by atoms with Crippen molar-refractivity contribution in [1.82, 2.24) is 19.1 Å². The second kappa shape index (κ2) is 8.55. The standard InChI is InChI=1S/C21H27N5O3/c1-24-18-17(19(27)23-21(24)28)26(14-9-15-29-16-10-5-4-6-11-16)20(22-18)25-12-7-2-3-8-13-25/h4-6,10-11H,2-3,7-9,12-15H2,1H3,(H,23,27,28). The lowest BCUT2D eigenvalue weighted by Crippen LogP contribution is -2.30. The maximum absolute atomic E-state index is 12.6. The Balaban J connectivity index is 1.64. The molecular weight excluding hydrogens is 370 g/mol. The van der Waals surface area contributed by atoms with Crippen LogP contribution < -0.4 is 20.9 Å². The third-order valence-electron chi connectivity index (χ3n) is 5.41. The lowest BCUT2D eigenvalue weighted by molar-refractivity contribution is 0.302. The molecule has 154 valence electrons. The van der Waals surface area contributed by atoms with Gasteiger partial charge in [0.2, 0.25) is 5.95 Å². The first-order valence-electron chi connectivity index (χ1n) is 10.3. The average Bonchev–Trinajstić information content (AvgIpc) is 2.91. The van der Waals surface area contributed by atoms with E-state index in [-0.39, 0.29) is 5.56 Å². The molecule has 1 aromatic carbocycles. The summed E-state index contributed by atoms with van der Waals surface area (Å²) in [6, 6.07) is 9.69. The van der Waals surface area contributed by atoms with Crippen LogP contribution in [0.2, 0.25) is 0 Å². The third kappa shape index (κ3) is 4.06. The van der Waals surface area contributed by atoms with E-state index >= 15 is 0 Å². The average molecular weight is 397 g/mol. The van der Waals surface area contributed by atoms with Crippen molar-refractivity contribution in [1.29, 1.82) is 0 Å². The second-order valence-electron chi connectivity index (χ2n) is 7.47. The molecule has 0 radical (unpaired) electrons. The number of rotatable bonds is 6. The van der Waals surface area contributed by atoms with Crippen molar-refractivity contribution in [3.8, 4) is 5.75 Å². The number of nitrogens with zero attached hydrogens (tertiary/aromatic N) is 4. The van der Waals surface area contributed by atoms with E-state index in [9.17, 15) is 9.59 Å². The van der Waals surface area contributed by atoms with Crippen LogP contribution in [0.15, 0.2) is 39.9 Å². The van der Waals surface area contributed by atoms with Gasteiger partial charge in [0, 0.05) is 26.7 Å². The van der Waals surface area contributed by atoms with Gasteiger partial charge < -0.3 is 14.2 Å². The fraction of sp³-hybridized carbons (Fsp3) is 0.476. The summed E-state index contributed by atoms with van der Waals surface area (Å²) in [6.07, 6.45) is 5.36. The Labute approximate surface area is 168 Å². The molecule has 0 unspecified atom stereocenters. The number of aromatic amines is 1. The highest BCUT2D eigenvalue weighted by Gasteiger charge is 2.22. The normalized spacial score (nSPS) is 14.9. The summed E-state index contributed by atoms with van der Waals surface area (Å²) in [5.41, 5.74) is 0.0515. The van der Waals surface area contributed by atoms with Gasteiger partial charge in [0.1, 0.15) is 5.75 Å². The Hall–Kier alpha value is -3.03. The second-order valence-corrected chi connectivity index (χ2v) is 7.47. The summed E-state index contributed by atoms with van der Waals surface area (Å²) in [4.78, 5) is 34.0. The molecule has 0 spiro atoms. The molecular formula is C21H27N5O3. The zero-order valence-electron chi connectivity index (χ0n) is 16.8. The lowest BCUT2D eigenvalue weighted by atomic mass is 10.2. The van der Waals surface area contributed by atoms with Gasteiger partial charge in [-0.25, -0.2) is 4.79 Å². The Morgan fingerprint density at radius 3 is 2.52 bits per heavy atom. The van der Waals surface area contributed by atoms with Crippen molar-refractivity contribution >= 4 is 17.1 Å². The highest BCUT2D eigenvalue weighted by atomic mass is 16.5. The van der Waals surface area contributed by atoms with Gasteiger partial charge in [-0.2, -0.15) is 4.98 Å². The number of aromatic nitrogens is 4. The number of anilines is 1. The largest absolute Gasteiger partial charge is 0.494 e. The van der Waals surface area contributed by atoms with Crippen molar-refractivity contribution in [3.63, 3.8) is 0 Å². The van der Waals surface area contributed by atoms with Crippen LogP contribution in [0, 0.1) is 0 Å². The first-order chi connectivity index (χ1) is 14.1. The SMILES string of the molecule is Cn1c(=O)[nH]c(=O)c2c1nc(N1CCCCCC1)n2CCCOc1ccccc1. The van der Waals surface area contributed by atoms with Crippen LogP contribution in [-0.2, 0) is 13.6 Å². The van der Waals surface area contributed by atoms with Gasteiger partial charge in [-0.1, -0.05) is 31.0 Å². The summed E-state index contributed by atoms with van der Waals surface area (Å²) in [5, 5.41) is 0. The zero-order valence-corrected chi connectivity index (χ0v) is 16.8. The van der Waals surface area contributed by atoms with Gasteiger partial charge in [0.25, 0.3) is 5.56 Å². The van der Waals surface area contributed by atoms with Crippen molar-refractivity contribution in [3.05, 3.63) is 51.2 Å². The minimum absolute atomic E-state index is 0.388. The Kier molecular flexibility index (Phi) is 5.69.